The van der Waals surface area contributed by atoms with Crippen LogP contribution in [0.3, 0.4) is 0 Å². The van der Waals surface area contributed by atoms with E-state index in [-0.39, 0.29) is 0 Å². The molecule has 1 aromatic heterocycles. The lowest BCUT2D eigenvalue weighted by molar-refractivity contribution is 0.121. The molecular weight excluding hydrogens is 186 g/mol. The predicted octanol–water partition coefficient (Wildman–Crippen LogP) is 0.966. The minimum absolute atomic E-state index is 0.579. The highest BCUT2D eigenvalue weighted by atomic mass is 32.1. The second-order valence-corrected chi connectivity index (χ2v) is 3.83. The average Bonchev–Trinajstić information content (AvgIpc) is 2.54. The molecule has 13 heavy (non-hydrogen) atoms. The summed E-state index contributed by atoms with van der Waals surface area (Å²) < 4.78 is 5.34. The van der Waals surface area contributed by atoms with Crippen LogP contribution in [0.1, 0.15) is 23.4 Å². The minimum atomic E-state index is 0.579. The first-order chi connectivity index (χ1) is 6.36. The van der Waals surface area contributed by atoms with Crippen molar-refractivity contribution in [3.8, 4) is 0 Å². The highest BCUT2D eigenvalue weighted by Gasteiger charge is 2.02. The first-order valence-corrected chi connectivity index (χ1v) is 5.27. The Kier molecular flexibility index (Phi) is 4.88. The summed E-state index contributed by atoms with van der Waals surface area (Å²) in [6.45, 7) is 4.08. The van der Waals surface area contributed by atoms with Gasteiger partial charge in [0.15, 0.2) is 0 Å². The largest absolute Gasteiger partial charge is 0.374 e. The summed E-state index contributed by atoms with van der Waals surface area (Å²) in [5, 5.41) is 9.93. The fourth-order valence-electron chi connectivity index (χ4n) is 0.875. The van der Waals surface area contributed by atoms with E-state index >= 15 is 0 Å². The molecule has 0 unspecified atom stereocenters. The van der Waals surface area contributed by atoms with Crippen molar-refractivity contribution >= 4 is 11.3 Å². The highest BCUT2D eigenvalue weighted by Crippen LogP contribution is 2.10. The summed E-state index contributed by atoms with van der Waals surface area (Å²) in [5.74, 6) is 0. The number of hydrogen-bond donors (Lipinski definition) is 1. The summed E-state index contributed by atoms with van der Waals surface area (Å²) in [6.07, 6.45) is 1.85. The Morgan fingerprint density at radius 1 is 1.38 bits per heavy atom. The molecule has 0 spiro atoms. The molecule has 74 valence electrons. The van der Waals surface area contributed by atoms with Crippen molar-refractivity contribution in [2.24, 2.45) is 5.73 Å². The predicted molar refractivity (Wildman–Crippen MR) is 52.6 cm³/mol. The number of aromatic nitrogens is 2. The standard InChI is InChI=1S/C8H15N3OS/c1-2-5-12-6-8-11-10-7(13-8)3-4-9/h2-6,9H2,1H3. The molecule has 1 aromatic rings. The third-order valence-electron chi connectivity index (χ3n) is 1.44. The maximum atomic E-state index is 5.40. The Hall–Kier alpha value is -0.520. The minimum Gasteiger partial charge on any atom is -0.374 e. The number of rotatable bonds is 6. The molecule has 0 aliphatic carbocycles. The van der Waals surface area contributed by atoms with Gasteiger partial charge >= 0.3 is 0 Å². The zero-order chi connectivity index (χ0) is 9.52. The van der Waals surface area contributed by atoms with Gasteiger partial charge in [-0.3, -0.25) is 0 Å². The van der Waals surface area contributed by atoms with E-state index in [2.05, 4.69) is 17.1 Å². The highest BCUT2D eigenvalue weighted by molar-refractivity contribution is 7.11. The second-order valence-electron chi connectivity index (χ2n) is 2.68. The van der Waals surface area contributed by atoms with Gasteiger partial charge in [0.2, 0.25) is 0 Å². The van der Waals surface area contributed by atoms with Crippen LogP contribution in [0.15, 0.2) is 0 Å². The fourth-order valence-corrected chi connectivity index (χ4v) is 1.67. The van der Waals surface area contributed by atoms with Gasteiger partial charge in [0, 0.05) is 13.0 Å². The van der Waals surface area contributed by atoms with E-state index in [1.54, 1.807) is 11.3 Å². The Morgan fingerprint density at radius 3 is 2.85 bits per heavy atom. The molecule has 0 aromatic carbocycles. The second kappa shape index (κ2) is 6.01. The number of hydrogen-bond acceptors (Lipinski definition) is 5. The van der Waals surface area contributed by atoms with Crippen LogP contribution in [-0.2, 0) is 17.8 Å². The molecule has 2 N–H and O–H groups in total. The molecule has 0 saturated carbocycles. The molecule has 0 bridgehead atoms. The van der Waals surface area contributed by atoms with Gasteiger partial charge in [-0.05, 0) is 13.0 Å². The summed E-state index contributed by atoms with van der Waals surface area (Å²) in [7, 11) is 0. The van der Waals surface area contributed by atoms with Crippen molar-refractivity contribution in [1.82, 2.24) is 10.2 Å². The Labute approximate surface area is 82.1 Å². The van der Waals surface area contributed by atoms with Crippen LogP contribution >= 0.6 is 11.3 Å². The van der Waals surface area contributed by atoms with Crippen molar-refractivity contribution in [2.45, 2.75) is 26.4 Å². The van der Waals surface area contributed by atoms with Crippen molar-refractivity contribution < 1.29 is 4.74 Å². The molecular formula is C8H15N3OS. The third kappa shape index (κ3) is 3.80. The van der Waals surface area contributed by atoms with Gasteiger partial charge in [0.1, 0.15) is 16.6 Å². The lowest BCUT2D eigenvalue weighted by atomic mass is 10.5. The van der Waals surface area contributed by atoms with E-state index in [0.717, 1.165) is 29.5 Å². The molecule has 5 heteroatoms. The van der Waals surface area contributed by atoms with Gasteiger partial charge in [0.05, 0.1) is 0 Å². The van der Waals surface area contributed by atoms with Crippen molar-refractivity contribution in [1.29, 1.82) is 0 Å². The van der Waals surface area contributed by atoms with E-state index in [1.807, 2.05) is 0 Å². The van der Waals surface area contributed by atoms with Crippen LogP contribution in [0.5, 0.6) is 0 Å². The fraction of sp³-hybridized carbons (Fsp3) is 0.750. The van der Waals surface area contributed by atoms with Crippen LogP contribution < -0.4 is 5.73 Å². The van der Waals surface area contributed by atoms with Gasteiger partial charge in [-0.2, -0.15) is 0 Å². The van der Waals surface area contributed by atoms with E-state index in [1.165, 1.54) is 0 Å². The molecule has 1 heterocycles. The molecule has 0 fully saturated rings. The van der Waals surface area contributed by atoms with Gasteiger partial charge in [-0.1, -0.05) is 18.3 Å². The normalized spacial score (nSPS) is 10.6. The first kappa shape index (κ1) is 10.6. The lowest BCUT2D eigenvalue weighted by Gasteiger charge is -1.96. The van der Waals surface area contributed by atoms with Gasteiger partial charge in [-0.15, -0.1) is 10.2 Å². The van der Waals surface area contributed by atoms with Crippen LogP contribution in [0.2, 0.25) is 0 Å². The molecule has 0 aliphatic rings. The van der Waals surface area contributed by atoms with E-state index in [4.69, 9.17) is 10.5 Å². The van der Waals surface area contributed by atoms with Gasteiger partial charge in [-0.25, -0.2) is 0 Å². The molecule has 4 nitrogen and oxygen atoms in total. The summed E-state index contributed by atoms with van der Waals surface area (Å²) in [5.41, 5.74) is 5.40. The quantitative estimate of drug-likeness (QED) is 0.697. The molecule has 0 amide bonds. The Morgan fingerprint density at radius 2 is 2.15 bits per heavy atom. The van der Waals surface area contributed by atoms with Crippen LogP contribution in [0.4, 0.5) is 0 Å². The SMILES string of the molecule is CCCOCc1nnc(CCN)s1. The van der Waals surface area contributed by atoms with Gasteiger partial charge < -0.3 is 10.5 Å². The van der Waals surface area contributed by atoms with Crippen LogP contribution in [0, 0.1) is 0 Å². The van der Waals surface area contributed by atoms with E-state index in [0.29, 0.717) is 13.2 Å². The third-order valence-corrected chi connectivity index (χ3v) is 2.40. The number of ether oxygens (including phenoxy) is 1. The van der Waals surface area contributed by atoms with Crippen LogP contribution in [-0.4, -0.2) is 23.3 Å². The van der Waals surface area contributed by atoms with Crippen molar-refractivity contribution in [3.05, 3.63) is 10.0 Å². The van der Waals surface area contributed by atoms with Crippen LogP contribution in [0.25, 0.3) is 0 Å². The zero-order valence-corrected chi connectivity index (χ0v) is 8.64. The summed E-state index contributed by atoms with van der Waals surface area (Å²) in [6, 6.07) is 0. The number of nitrogens with two attached hydrogens (primary N) is 1. The summed E-state index contributed by atoms with van der Waals surface area (Å²) in [4.78, 5) is 0. The maximum Gasteiger partial charge on any atom is 0.143 e. The molecule has 0 atom stereocenters. The van der Waals surface area contributed by atoms with Crippen molar-refractivity contribution in [3.63, 3.8) is 0 Å². The van der Waals surface area contributed by atoms with E-state index < -0.39 is 0 Å². The molecule has 0 radical (unpaired) electrons. The Bertz CT molecular complexity index is 239. The zero-order valence-electron chi connectivity index (χ0n) is 7.82. The van der Waals surface area contributed by atoms with E-state index in [9.17, 15) is 0 Å². The lowest BCUT2D eigenvalue weighted by Crippen LogP contribution is -2.01. The average molecular weight is 201 g/mol. The smallest absolute Gasteiger partial charge is 0.143 e. The maximum absolute atomic E-state index is 5.40. The topological polar surface area (TPSA) is 61.0 Å². The van der Waals surface area contributed by atoms with Crippen molar-refractivity contribution in [2.75, 3.05) is 13.2 Å². The summed E-state index contributed by atoms with van der Waals surface area (Å²) >= 11 is 1.58. The number of nitrogens with zero attached hydrogens (tertiary/aromatic N) is 2. The molecule has 1 rings (SSSR count). The monoisotopic (exact) mass is 201 g/mol. The molecule has 0 saturated heterocycles. The first-order valence-electron chi connectivity index (χ1n) is 4.46. The Balaban J connectivity index is 2.31. The van der Waals surface area contributed by atoms with Gasteiger partial charge in [0.25, 0.3) is 0 Å². The molecule has 0 aliphatic heterocycles.